The van der Waals surface area contributed by atoms with Crippen molar-refractivity contribution < 1.29 is 18.0 Å². The molecule has 1 fully saturated rings. The number of amides is 1. The van der Waals surface area contributed by atoms with Gasteiger partial charge in [0, 0.05) is 12.6 Å². The molecule has 94 valence electrons. The number of hydrogen-bond donors (Lipinski definition) is 2. The molecule has 1 amide bonds. The number of rotatable bonds is 6. The Morgan fingerprint density at radius 3 is 2.56 bits per heavy atom. The summed E-state index contributed by atoms with van der Waals surface area (Å²) in [5.74, 6) is 0.345. The second kappa shape index (κ2) is 5.52. The monoisotopic (exact) mass is 238 g/mol. The van der Waals surface area contributed by atoms with Crippen LogP contribution < -0.4 is 10.6 Å². The molecular weight excluding hydrogens is 221 g/mol. The summed E-state index contributed by atoms with van der Waals surface area (Å²) >= 11 is 0. The van der Waals surface area contributed by atoms with Crippen molar-refractivity contribution in [3.05, 3.63) is 0 Å². The molecule has 2 N–H and O–H groups in total. The standard InChI is InChI=1S/C10H17F3N2O/c1-7(4-10(11,12)13)14-6-9(16)15-5-8-2-3-8/h7-8,14H,2-6H2,1H3,(H,15,16). The minimum absolute atomic E-state index is 0.0516. The van der Waals surface area contributed by atoms with Gasteiger partial charge in [-0.25, -0.2) is 0 Å². The maximum absolute atomic E-state index is 12.0. The normalized spacial score (nSPS) is 18.2. The Hall–Kier alpha value is -0.780. The van der Waals surface area contributed by atoms with Crippen molar-refractivity contribution in [2.45, 2.75) is 38.4 Å². The number of carbonyl (C=O) groups is 1. The van der Waals surface area contributed by atoms with Crippen LogP contribution in [0.4, 0.5) is 13.2 Å². The van der Waals surface area contributed by atoms with E-state index in [4.69, 9.17) is 0 Å². The van der Waals surface area contributed by atoms with Crippen molar-refractivity contribution in [1.29, 1.82) is 0 Å². The molecule has 1 aliphatic carbocycles. The second-order valence-electron chi connectivity index (χ2n) is 4.35. The van der Waals surface area contributed by atoms with Crippen molar-refractivity contribution in [3.8, 4) is 0 Å². The van der Waals surface area contributed by atoms with Crippen molar-refractivity contribution in [3.63, 3.8) is 0 Å². The Kier molecular flexibility index (Phi) is 4.58. The van der Waals surface area contributed by atoms with Crippen LogP contribution in [0.1, 0.15) is 26.2 Å². The smallest absolute Gasteiger partial charge is 0.355 e. The van der Waals surface area contributed by atoms with Crippen LogP contribution in [0.2, 0.25) is 0 Å². The number of nitrogens with one attached hydrogen (secondary N) is 2. The zero-order valence-electron chi connectivity index (χ0n) is 9.23. The summed E-state index contributed by atoms with van der Waals surface area (Å²) in [7, 11) is 0. The zero-order valence-corrected chi connectivity index (χ0v) is 9.23. The highest BCUT2D eigenvalue weighted by atomic mass is 19.4. The Bertz CT molecular complexity index is 239. The van der Waals surface area contributed by atoms with Crippen molar-refractivity contribution in [1.82, 2.24) is 10.6 Å². The topological polar surface area (TPSA) is 41.1 Å². The van der Waals surface area contributed by atoms with Crippen LogP contribution in [-0.4, -0.2) is 31.2 Å². The largest absolute Gasteiger partial charge is 0.390 e. The van der Waals surface area contributed by atoms with Gasteiger partial charge in [0.05, 0.1) is 13.0 Å². The molecule has 0 aliphatic heterocycles. The summed E-state index contributed by atoms with van der Waals surface area (Å²) < 4.78 is 35.9. The molecule has 1 aliphatic rings. The summed E-state index contributed by atoms with van der Waals surface area (Å²) in [4.78, 5) is 11.2. The van der Waals surface area contributed by atoms with E-state index in [0.29, 0.717) is 12.5 Å². The average molecular weight is 238 g/mol. The third-order valence-corrected chi connectivity index (χ3v) is 2.43. The maximum Gasteiger partial charge on any atom is 0.390 e. The molecule has 0 radical (unpaired) electrons. The quantitative estimate of drug-likeness (QED) is 0.735. The van der Waals surface area contributed by atoms with Crippen molar-refractivity contribution in [2.24, 2.45) is 5.92 Å². The molecule has 0 aromatic heterocycles. The number of halogens is 3. The van der Waals surface area contributed by atoms with E-state index < -0.39 is 18.6 Å². The summed E-state index contributed by atoms with van der Waals surface area (Å²) in [6.07, 6.45) is -2.82. The highest BCUT2D eigenvalue weighted by molar-refractivity contribution is 5.78. The molecule has 3 nitrogen and oxygen atoms in total. The van der Waals surface area contributed by atoms with Crippen LogP contribution in [0, 0.1) is 5.92 Å². The van der Waals surface area contributed by atoms with E-state index in [1.165, 1.54) is 6.92 Å². The van der Waals surface area contributed by atoms with Gasteiger partial charge in [0.15, 0.2) is 0 Å². The molecule has 1 unspecified atom stereocenters. The van der Waals surface area contributed by atoms with Crippen LogP contribution in [0.15, 0.2) is 0 Å². The fourth-order valence-corrected chi connectivity index (χ4v) is 1.33. The lowest BCUT2D eigenvalue weighted by Crippen LogP contribution is -2.40. The molecule has 6 heteroatoms. The fourth-order valence-electron chi connectivity index (χ4n) is 1.33. The van der Waals surface area contributed by atoms with Crippen molar-refractivity contribution in [2.75, 3.05) is 13.1 Å². The first-order valence-corrected chi connectivity index (χ1v) is 5.43. The van der Waals surface area contributed by atoms with E-state index >= 15 is 0 Å². The molecule has 0 heterocycles. The molecule has 0 aromatic rings. The molecule has 16 heavy (non-hydrogen) atoms. The van der Waals surface area contributed by atoms with E-state index in [9.17, 15) is 18.0 Å². The SMILES string of the molecule is CC(CC(F)(F)F)NCC(=O)NCC1CC1. The fraction of sp³-hybridized carbons (Fsp3) is 0.900. The van der Waals surface area contributed by atoms with E-state index in [1.54, 1.807) is 0 Å². The molecule has 0 saturated heterocycles. The zero-order chi connectivity index (χ0) is 12.2. The first kappa shape index (κ1) is 13.3. The Morgan fingerprint density at radius 1 is 1.44 bits per heavy atom. The van der Waals surface area contributed by atoms with Crippen molar-refractivity contribution >= 4 is 5.91 Å². The summed E-state index contributed by atoms with van der Waals surface area (Å²) in [5.41, 5.74) is 0. The third kappa shape index (κ3) is 6.66. The van der Waals surface area contributed by atoms with Crippen LogP contribution >= 0.6 is 0 Å². The maximum atomic E-state index is 12.0. The predicted octanol–water partition coefficient (Wildman–Crippen LogP) is 1.44. The number of carbonyl (C=O) groups excluding carboxylic acids is 1. The van der Waals surface area contributed by atoms with Gasteiger partial charge in [-0.2, -0.15) is 13.2 Å². The van der Waals surface area contributed by atoms with Gasteiger partial charge in [0.1, 0.15) is 0 Å². The van der Waals surface area contributed by atoms with Crippen LogP contribution in [0.25, 0.3) is 0 Å². The average Bonchev–Trinajstić information content (AvgIpc) is 2.92. The molecule has 0 aromatic carbocycles. The van der Waals surface area contributed by atoms with Crippen LogP contribution in [0.5, 0.6) is 0 Å². The van der Waals surface area contributed by atoms with Gasteiger partial charge in [-0.1, -0.05) is 0 Å². The lowest BCUT2D eigenvalue weighted by atomic mass is 10.2. The minimum Gasteiger partial charge on any atom is -0.355 e. The van der Waals surface area contributed by atoms with Crippen LogP contribution in [-0.2, 0) is 4.79 Å². The Balaban J connectivity index is 2.05. The first-order chi connectivity index (χ1) is 7.37. The predicted molar refractivity (Wildman–Crippen MR) is 53.9 cm³/mol. The van der Waals surface area contributed by atoms with Gasteiger partial charge in [-0.05, 0) is 25.7 Å². The van der Waals surface area contributed by atoms with Gasteiger partial charge in [0.25, 0.3) is 0 Å². The van der Waals surface area contributed by atoms with Gasteiger partial charge >= 0.3 is 6.18 Å². The van der Waals surface area contributed by atoms with E-state index in [0.717, 1.165) is 12.8 Å². The second-order valence-corrected chi connectivity index (χ2v) is 4.35. The summed E-state index contributed by atoms with van der Waals surface area (Å²) in [6, 6.07) is -0.730. The molecule has 0 spiro atoms. The van der Waals surface area contributed by atoms with E-state index in [2.05, 4.69) is 10.6 Å². The number of alkyl halides is 3. The summed E-state index contributed by atoms with van der Waals surface area (Å²) in [5, 5.41) is 5.23. The molecule has 0 bridgehead atoms. The van der Waals surface area contributed by atoms with Gasteiger partial charge in [-0.3, -0.25) is 4.79 Å². The third-order valence-electron chi connectivity index (χ3n) is 2.43. The lowest BCUT2D eigenvalue weighted by molar-refractivity contribution is -0.139. The van der Waals surface area contributed by atoms with Gasteiger partial charge in [0.2, 0.25) is 5.91 Å². The molecular formula is C10H17F3N2O. The van der Waals surface area contributed by atoms with Gasteiger partial charge < -0.3 is 10.6 Å². The highest BCUT2D eigenvalue weighted by Crippen LogP contribution is 2.27. The summed E-state index contributed by atoms with van der Waals surface area (Å²) in [6.45, 7) is 2.01. The van der Waals surface area contributed by atoms with Crippen LogP contribution in [0.3, 0.4) is 0 Å². The molecule has 1 saturated carbocycles. The van der Waals surface area contributed by atoms with E-state index in [1.807, 2.05) is 0 Å². The molecule has 1 rings (SSSR count). The number of hydrogen-bond acceptors (Lipinski definition) is 2. The minimum atomic E-state index is -4.18. The highest BCUT2D eigenvalue weighted by Gasteiger charge is 2.30. The van der Waals surface area contributed by atoms with Gasteiger partial charge in [-0.15, -0.1) is 0 Å². The Labute approximate surface area is 92.8 Å². The molecule has 1 atom stereocenters. The lowest BCUT2D eigenvalue weighted by Gasteiger charge is -2.15. The Morgan fingerprint density at radius 2 is 2.06 bits per heavy atom. The first-order valence-electron chi connectivity index (χ1n) is 5.43. The van der Waals surface area contributed by atoms with E-state index in [-0.39, 0.29) is 12.5 Å².